The topological polar surface area (TPSA) is 64.0 Å². The van der Waals surface area contributed by atoms with Crippen LogP contribution in [0.25, 0.3) is 10.9 Å². The molecule has 0 bridgehead atoms. The Labute approximate surface area is 164 Å². The van der Waals surface area contributed by atoms with E-state index in [1.54, 1.807) is 4.57 Å². The lowest BCUT2D eigenvalue weighted by Crippen LogP contribution is -2.44. The minimum Gasteiger partial charge on any atom is -0.352 e. The summed E-state index contributed by atoms with van der Waals surface area (Å²) in [6.07, 6.45) is 5.50. The van der Waals surface area contributed by atoms with Gasteiger partial charge in [-0.05, 0) is 44.2 Å². The van der Waals surface area contributed by atoms with Crippen molar-refractivity contribution < 1.29 is 4.79 Å². The molecule has 1 aromatic carbocycles. The summed E-state index contributed by atoms with van der Waals surface area (Å²) >= 11 is 1.38. The van der Waals surface area contributed by atoms with Gasteiger partial charge in [-0.25, -0.2) is 4.98 Å². The van der Waals surface area contributed by atoms with Gasteiger partial charge in [-0.2, -0.15) is 0 Å². The molecule has 1 aliphatic carbocycles. The van der Waals surface area contributed by atoms with Gasteiger partial charge in [0.15, 0.2) is 5.16 Å². The maximum absolute atomic E-state index is 12.9. The van der Waals surface area contributed by atoms with E-state index in [1.165, 1.54) is 31.0 Å². The molecule has 1 fully saturated rings. The number of thioether (sulfide) groups is 1. The Morgan fingerprint density at radius 2 is 2.07 bits per heavy atom. The lowest BCUT2D eigenvalue weighted by Gasteiger charge is -2.30. The molecule has 1 heterocycles. The highest BCUT2D eigenvalue weighted by atomic mass is 32.2. The second-order valence-electron chi connectivity index (χ2n) is 7.51. The molecule has 27 heavy (non-hydrogen) atoms. The average Bonchev–Trinajstić information content (AvgIpc) is 2.66. The smallest absolute Gasteiger partial charge is 0.262 e. The summed E-state index contributed by atoms with van der Waals surface area (Å²) in [5, 5.41) is 4.17. The molecule has 1 saturated carbocycles. The van der Waals surface area contributed by atoms with E-state index in [2.05, 4.69) is 17.2 Å². The molecule has 146 valence electrons. The fraction of sp³-hybridized carbons (Fsp3) is 0.571. The van der Waals surface area contributed by atoms with Crippen molar-refractivity contribution in [2.75, 3.05) is 0 Å². The number of benzene rings is 1. The Bertz CT molecular complexity index is 864. The molecule has 1 aromatic heterocycles. The Kier molecular flexibility index (Phi) is 6.58. The quantitative estimate of drug-likeness (QED) is 0.601. The van der Waals surface area contributed by atoms with Gasteiger partial charge in [0, 0.05) is 12.6 Å². The predicted octanol–water partition coefficient (Wildman–Crippen LogP) is 3.98. The van der Waals surface area contributed by atoms with Crippen LogP contribution in [-0.4, -0.2) is 26.8 Å². The molecule has 1 aliphatic rings. The van der Waals surface area contributed by atoms with Crippen molar-refractivity contribution in [3.05, 3.63) is 34.6 Å². The van der Waals surface area contributed by atoms with Gasteiger partial charge in [0.2, 0.25) is 5.91 Å². The summed E-state index contributed by atoms with van der Waals surface area (Å²) in [5.74, 6) is 0.557. The summed E-state index contributed by atoms with van der Waals surface area (Å²) in [5.41, 5.74) is 0.657. The van der Waals surface area contributed by atoms with E-state index in [1.807, 2.05) is 38.1 Å². The third kappa shape index (κ3) is 4.54. The molecule has 0 radical (unpaired) electrons. The highest BCUT2D eigenvalue weighted by molar-refractivity contribution is 8.00. The van der Waals surface area contributed by atoms with E-state index in [0.29, 0.717) is 28.5 Å². The fourth-order valence-corrected chi connectivity index (χ4v) is 4.64. The molecule has 0 unspecified atom stereocenters. The van der Waals surface area contributed by atoms with Gasteiger partial charge in [-0.3, -0.25) is 14.2 Å². The van der Waals surface area contributed by atoms with Crippen LogP contribution in [-0.2, 0) is 11.3 Å². The van der Waals surface area contributed by atoms with Crippen molar-refractivity contribution in [2.24, 2.45) is 5.92 Å². The minimum atomic E-state index is -0.296. The van der Waals surface area contributed by atoms with Crippen LogP contribution in [0.4, 0.5) is 0 Å². The molecule has 5 nitrogen and oxygen atoms in total. The zero-order chi connectivity index (χ0) is 19.4. The summed E-state index contributed by atoms with van der Waals surface area (Å²) in [4.78, 5) is 30.3. The zero-order valence-electron chi connectivity index (χ0n) is 16.4. The Hall–Kier alpha value is -1.82. The normalized spacial score (nSPS) is 21.1. The van der Waals surface area contributed by atoms with Crippen LogP contribution in [0.3, 0.4) is 0 Å². The van der Waals surface area contributed by atoms with E-state index < -0.39 is 0 Å². The third-order valence-corrected chi connectivity index (χ3v) is 6.45. The lowest BCUT2D eigenvalue weighted by atomic mass is 9.86. The molecule has 1 N–H and O–H groups in total. The Morgan fingerprint density at radius 1 is 1.33 bits per heavy atom. The summed E-state index contributed by atoms with van der Waals surface area (Å²) < 4.78 is 1.71. The molecule has 0 aliphatic heterocycles. The molecule has 6 heteroatoms. The molecular weight excluding hydrogens is 358 g/mol. The number of hydrogen-bond acceptors (Lipinski definition) is 4. The van der Waals surface area contributed by atoms with Crippen LogP contribution >= 0.6 is 11.8 Å². The van der Waals surface area contributed by atoms with Crippen LogP contribution < -0.4 is 10.9 Å². The third-order valence-electron chi connectivity index (χ3n) is 5.36. The number of nitrogens with one attached hydrogen (secondary N) is 1. The van der Waals surface area contributed by atoms with Crippen LogP contribution in [0.1, 0.15) is 52.9 Å². The Balaban J connectivity index is 1.81. The highest BCUT2D eigenvalue weighted by Gasteiger charge is 2.26. The summed E-state index contributed by atoms with van der Waals surface area (Å²) in [6, 6.07) is 7.66. The van der Waals surface area contributed by atoms with Crippen LogP contribution in [0.2, 0.25) is 0 Å². The van der Waals surface area contributed by atoms with E-state index in [4.69, 9.17) is 0 Å². The number of rotatable bonds is 6. The molecule has 0 saturated heterocycles. The van der Waals surface area contributed by atoms with Gasteiger partial charge in [0.05, 0.1) is 16.2 Å². The summed E-state index contributed by atoms with van der Waals surface area (Å²) in [7, 11) is 0. The van der Waals surface area contributed by atoms with Crippen molar-refractivity contribution in [2.45, 2.75) is 75.9 Å². The van der Waals surface area contributed by atoms with Gasteiger partial charge in [0.1, 0.15) is 0 Å². The molecule has 3 atom stereocenters. The number of aromatic nitrogens is 2. The van der Waals surface area contributed by atoms with Crippen molar-refractivity contribution in [1.82, 2.24) is 14.9 Å². The standard InChI is InChI=1S/C21H29N3O2S/c1-4-13-24-20(26)16-10-6-8-12-18(16)23-21(24)27-15(3)19(25)22-17-11-7-5-9-14(17)2/h6,8,10,12,14-15,17H,4-5,7,9,11,13H2,1-3H3,(H,22,25)/t14-,15-,17+/m0/s1. The first-order chi connectivity index (χ1) is 13.0. The average molecular weight is 388 g/mol. The molecule has 3 rings (SSSR count). The van der Waals surface area contributed by atoms with Crippen LogP contribution in [0.15, 0.2) is 34.2 Å². The number of amides is 1. The maximum Gasteiger partial charge on any atom is 0.262 e. The maximum atomic E-state index is 12.9. The van der Waals surface area contributed by atoms with Gasteiger partial charge in [-0.1, -0.05) is 50.6 Å². The fourth-order valence-electron chi connectivity index (χ4n) is 3.70. The second kappa shape index (κ2) is 8.91. The molecule has 2 aromatic rings. The first-order valence-electron chi connectivity index (χ1n) is 9.98. The van der Waals surface area contributed by atoms with Crippen molar-refractivity contribution in [3.8, 4) is 0 Å². The Morgan fingerprint density at radius 3 is 2.81 bits per heavy atom. The molecule has 1 amide bonds. The van der Waals surface area contributed by atoms with E-state index in [-0.39, 0.29) is 22.8 Å². The van der Waals surface area contributed by atoms with Crippen molar-refractivity contribution >= 4 is 28.6 Å². The zero-order valence-corrected chi connectivity index (χ0v) is 17.2. The largest absolute Gasteiger partial charge is 0.352 e. The van der Waals surface area contributed by atoms with Crippen molar-refractivity contribution in [1.29, 1.82) is 0 Å². The second-order valence-corrected chi connectivity index (χ2v) is 8.81. The van der Waals surface area contributed by atoms with E-state index in [0.717, 1.165) is 12.8 Å². The number of para-hydroxylation sites is 1. The minimum absolute atomic E-state index is 0.0292. The van der Waals surface area contributed by atoms with Gasteiger partial charge < -0.3 is 5.32 Å². The van der Waals surface area contributed by atoms with Crippen molar-refractivity contribution in [3.63, 3.8) is 0 Å². The molecular formula is C21H29N3O2S. The van der Waals surface area contributed by atoms with Crippen LogP contribution in [0, 0.1) is 5.92 Å². The SMILES string of the molecule is CCCn1c(S[C@@H](C)C(=O)N[C@@H]2CCCC[C@@H]2C)nc2ccccc2c1=O. The van der Waals surface area contributed by atoms with Crippen LogP contribution in [0.5, 0.6) is 0 Å². The first-order valence-corrected chi connectivity index (χ1v) is 10.9. The first kappa shape index (κ1) is 19.9. The molecule has 0 spiro atoms. The van der Waals surface area contributed by atoms with E-state index >= 15 is 0 Å². The number of fused-ring (bicyclic) bond motifs is 1. The predicted molar refractivity (Wildman–Crippen MR) is 111 cm³/mol. The van der Waals surface area contributed by atoms with Gasteiger partial charge in [-0.15, -0.1) is 0 Å². The number of nitrogens with zero attached hydrogens (tertiary/aromatic N) is 2. The van der Waals surface area contributed by atoms with Gasteiger partial charge in [0.25, 0.3) is 5.56 Å². The number of hydrogen-bond donors (Lipinski definition) is 1. The number of carbonyl (C=O) groups excluding carboxylic acids is 1. The van der Waals surface area contributed by atoms with E-state index in [9.17, 15) is 9.59 Å². The lowest BCUT2D eigenvalue weighted by molar-refractivity contribution is -0.121. The van der Waals surface area contributed by atoms with Gasteiger partial charge >= 0.3 is 0 Å². The monoisotopic (exact) mass is 387 g/mol. The summed E-state index contributed by atoms with van der Waals surface area (Å²) in [6.45, 7) is 6.75. The highest BCUT2D eigenvalue weighted by Crippen LogP contribution is 2.26. The number of carbonyl (C=O) groups is 1.